The van der Waals surface area contributed by atoms with E-state index in [2.05, 4.69) is 10.0 Å². The molecular formula is C18H20N2O5S. The number of hydrogen-bond acceptors (Lipinski definition) is 6. The lowest BCUT2D eigenvalue weighted by Gasteiger charge is -2.29. The van der Waals surface area contributed by atoms with Crippen LogP contribution in [0.1, 0.15) is 6.92 Å². The number of rotatable bonds is 5. The molecule has 0 aromatic heterocycles. The van der Waals surface area contributed by atoms with Crippen molar-refractivity contribution in [3.8, 4) is 11.5 Å². The molecule has 8 heteroatoms. The Morgan fingerprint density at radius 2 is 1.88 bits per heavy atom. The lowest BCUT2D eigenvalue weighted by atomic mass is 10.1. The molecule has 2 aromatic carbocycles. The van der Waals surface area contributed by atoms with Gasteiger partial charge in [0.15, 0.2) is 0 Å². The van der Waals surface area contributed by atoms with Gasteiger partial charge in [-0.2, -0.15) is 0 Å². The Kier molecular flexibility index (Phi) is 5.55. The normalized spacial score (nSPS) is 20.3. The molecule has 1 heterocycles. The van der Waals surface area contributed by atoms with Crippen LogP contribution >= 0.6 is 0 Å². The summed E-state index contributed by atoms with van der Waals surface area (Å²) in [5.74, 6) is 0.300. The molecular weight excluding hydrogens is 356 g/mol. The highest BCUT2D eigenvalue weighted by Gasteiger charge is 2.31. The quantitative estimate of drug-likeness (QED) is 0.824. The van der Waals surface area contributed by atoms with Gasteiger partial charge in [-0.05, 0) is 31.2 Å². The van der Waals surface area contributed by atoms with E-state index in [4.69, 9.17) is 9.47 Å². The van der Waals surface area contributed by atoms with Crippen molar-refractivity contribution in [2.45, 2.75) is 24.0 Å². The summed E-state index contributed by atoms with van der Waals surface area (Å²) in [5, 5.41) is 2.96. The molecule has 7 nitrogen and oxygen atoms in total. The molecule has 26 heavy (non-hydrogen) atoms. The van der Waals surface area contributed by atoms with Gasteiger partial charge in [0.05, 0.1) is 17.6 Å². The Morgan fingerprint density at radius 3 is 2.62 bits per heavy atom. The number of nitrogens with one attached hydrogen (secondary N) is 2. The molecule has 3 rings (SSSR count). The molecule has 1 aliphatic heterocycles. The van der Waals surface area contributed by atoms with Gasteiger partial charge in [-0.3, -0.25) is 4.79 Å². The minimum atomic E-state index is -4.02. The van der Waals surface area contributed by atoms with Gasteiger partial charge < -0.3 is 14.8 Å². The Morgan fingerprint density at radius 1 is 1.15 bits per heavy atom. The second-order valence-corrected chi connectivity index (χ2v) is 7.55. The SMILES string of the molecule is C[C@H]1OCCN[C@@H]1C(=O)NS(=O)(=O)c1cccc(Oc2ccccc2)c1. The van der Waals surface area contributed by atoms with Crippen molar-refractivity contribution >= 4 is 15.9 Å². The number of ether oxygens (including phenoxy) is 2. The summed E-state index contributed by atoms with van der Waals surface area (Å²) >= 11 is 0. The molecule has 2 N–H and O–H groups in total. The van der Waals surface area contributed by atoms with Crippen molar-refractivity contribution in [1.29, 1.82) is 0 Å². The van der Waals surface area contributed by atoms with E-state index in [1.54, 1.807) is 31.2 Å². The second-order valence-electron chi connectivity index (χ2n) is 5.87. The third kappa shape index (κ3) is 4.40. The number of hydrogen-bond donors (Lipinski definition) is 2. The lowest BCUT2D eigenvalue weighted by molar-refractivity contribution is -0.127. The largest absolute Gasteiger partial charge is 0.457 e. The van der Waals surface area contributed by atoms with E-state index in [0.29, 0.717) is 24.7 Å². The predicted octanol–water partition coefficient (Wildman–Crippen LogP) is 1.66. The van der Waals surface area contributed by atoms with Crippen LogP contribution in [0.3, 0.4) is 0 Å². The highest BCUT2D eigenvalue weighted by Crippen LogP contribution is 2.23. The molecule has 0 saturated carbocycles. The van der Waals surface area contributed by atoms with Crippen LogP contribution in [-0.2, 0) is 19.6 Å². The summed E-state index contributed by atoms with van der Waals surface area (Å²) in [6.45, 7) is 2.69. The summed E-state index contributed by atoms with van der Waals surface area (Å²) in [7, 11) is -4.02. The number of amides is 1. The van der Waals surface area contributed by atoms with Crippen molar-refractivity contribution in [3.05, 3.63) is 54.6 Å². The average Bonchev–Trinajstić information content (AvgIpc) is 2.63. The van der Waals surface area contributed by atoms with Gasteiger partial charge in [0.2, 0.25) is 0 Å². The zero-order valence-electron chi connectivity index (χ0n) is 14.2. The number of para-hydroxylation sites is 1. The maximum Gasteiger partial charge on any atom is 0.264 e. The van der Waals surface area contributed by atoms with E-state index in [1.165, 1.54) is 12.1 Å². The first-order chi connectivity index (χ1) is 12.5. The lowest BCUT2D eigenvalue weighted by Crippen LogP contribution is -2.56. The van der Waals surface area contributed by atoms with Crippen LogP contribution in [0.4, 0.5) is 0 Å². The number of carbonyl (C=O) groups excluding carboxylic acids is 1. The van der Waals surface area contributed by atoms with Crippen molar-refractivity contribution in [3.63, 3.8) is 0 Å². The van der Waals surface area contributed by atoms with Gasteiger partial charge >= 0.3 is 0 Å². The van der Waals surface area contributed by atoms with Gasteiger partial charge in [0.25, 0.3) is 15.9 Å². The van der Waals surface area contributed by atoms with Crippen molar-refractivity contribution in [1.82, 2.24) is 10.0 Å². The Hall–Kier alpha value is -2.42. The average molecular weight is 376 g/mol. The predicted molar refractivity (Wildman–Crippen MR) is 95.5 cm³/mol. The first kappa shape index (κ1) is 18.4. The first-order valence-corrected chi connectivity index (χ1v) is 9.69. The molecule has 138 valence electrons. The van der Waals surface area contributed by atoms with Gasteiger partial charge in [-0.25, -0.2) is 13.1 Å². The fourth-order valence-corrected chi connectivity index (χ4v) is 3.65. The summed E-state index contributed by atoms with van der Waals surface area (Å²) in [4.78, 5) is 12.3. The highest BCUT2D eigenvalue weighted by atomic mass is 32.2. The van der Waals surface area contributed by atoms with Crippen molar-refractivity contribution in [2.75, 3.05) is 13.2 Å². The maximum atomic E-state index is 12.5. The fourth-order valence-electron chi connectivity index (χ4n) is 2.61. The number of carbonyl (C=O) groups is 1. The summed E-state index contributed by atoms with van der Waals surface area (Å²) in [5.41, 5.74) is 0. The van der Waals surface area contributed by atoms with Crippen LogP contribution in [0.15, 0.2) is 59.5 Å². The van der Waals surface area contributed by atoms with Crippen LogP contribution < -0.4 is 14.8 Å². The van der Waals surface area contributed by atoms with E-state index in [0.717, 1.165) is 0 Å². The monoisotopic (exact) mass is 376 g/mol. The standard InChI is InChI=1S/C18H20N2O5S/c1-13-17(19-10-11-24-13)18(21)20-26(22,23)16-9-5-8-15(12-16)25-14-6-3-2-4-7-14/h2-9,12-13,17,19H,10-11H2,1H3,(H,20,21)/t13-,17+/m1/s1. The van der Waals surface area contributed by atoms with E-state index in [-0.39, 0.29) is 4.90 Å². The van der Waals surface area contributed by atoms with Gasteiger partial charge in [0, 0.05) is 12.6 Å². The number of sulfonamides is 1. The third-order valence-electron chi connectivity index (χ3n) is 3.93. The Labute approximate surface area is 152 Å². The summed E-state index contributed by atoms with van der Waals surface area (Å²) < 4.78 is 38.2. The molecule has 1 amide bonds. The van der Waals surface area contributed by atoms with E-state index in [9.17, 15) is 13.2 Å². The minimum absolute atomic E-state index is 0.0522. The maximum absolute atomic E-state index is 12.5. The van der Waals surface area contributed by atoms with Crippen LogP contribution in [0.2, 0.25) is 0 Å². The highest BCUT2D eigenvalue weighted by molar-refractivity contribution is 7.90. The molecule has 2 atom stereocenters. The van der Waals surface area contributed by atoms with E-state index >= 15 is 0 Å². The number of benzene rings is 2. The van der Waals surface area contributed by atoms with Crippen LogP contribution in [0.25, 0.3) is 0 Å². The number of morpholine rings is 1. The molecule has 0 radical (unpaired) electrons. The zero-order valence-corrected chi connectivity index (χ0v) is 15.0. The van der Waals surface area contributed by atoms with Gasteiger partial charge in [-0.1, -0.05) is 24.3 Å². The minimum Gasteiger partial charge on any atom is -0.457 e. The Bertz CT molecular complexity index is 870. The van der Waals surface area contributed by atoms with E-state index in [1.807, 2.05) is 18.2 Å². The van der Waals surface area contributed by atoms with Gasteiger partial charge in [0.1, 0.15) is 17.5 Å². The van der Waals surface area contributed by atoms with Crippen LogP contribution in [0, 0.1) is 0 Å². The zero-order chi connectivity index (χ0) is 18.6. The summed E-state index contributed by atoms with van der Waals surface area (Å²) in [6, 6.07) is 14.3. The van der Waals surface area contributed by atoms with Crippen molar-refractivity contribution < 1.29 is 22.7 Å². The molecule has 0 spiro atoms. The second kappa shape index (κ2) is 7.86. The van der Waals surface area contributed by atoms with Gasteiger partial charge in [-0.15, -0.1) is 0 Å². The smallest absolute Gasteiger partial charge is 0.264 e. The molecule has 1 aliphatic rings. The molecule has 2 aromatic rings. The Balaban J connectivity index is 1.74. The molecule has 0 aliphatic carbocycles. The fraction of sp³-hybridized carbons (Fsp3) is 0.278. The molecule has 1 fully saturated rings. The summed E-state index contributed by atoms with van der Waals surface area (Å²) in [6.07, 6.45) is -0.410. The first-order valence-electron chi connectivity index (χ1n) is 8.20. The van der Waals surface area contributed by atoms with Crippen molar-refractivity contribution in [2.24, 2.45) is 0 Å². The molecule has 0 unspecified atom stereocenters. The van der Waals surface area contributed by atoms with Crippen LogP contribution in [0.5, 0.6) is 11.5 Å². The van der Waals surface area contributed by atoms with Crippen LogP contribution in [-0.4, -0.2) is 39.6 Å². The molecule has 1 saturated heterocycles. The topological polar surface area (TPSA) is 93.7 Å². The third-order valence-corrected chi connectivity index (χ3v) is 5.27. The molecule has 0 bridgehead atoms. The van der Waals surface area contributed by atoms with E-state index < -0.39 is 28.1 Å².